The Balaban J connectivity index is 1.86. The molecule has 2 nitrogen and oxygen atoms in total. The van der Waals surface area contributed by atoms with E-state index in [0.717, 1.165) is 18.4 Å². The molecule has 0 heterocycles. The fourth-order valence-corrected chi connectivity index (χ4v) is 9.00. The van der Waals surface area contributed by atoms with Crippen molar-refractivity contribution in [3.8, 4) is 0 Å². The van der Waals surface area contributed by atoms with Crippen molar-refractivity contribution >= 4 is 24.5 Å². The van der Waals surface area contributed by atoms with Crippen molar-refractivity contribution in [2.24, 2.45) is 5.92 Å². The first kappa shape index (κ1) is 20.8. The van der Waals surface area contributed by atoms with Gasteiger partial charge >= 0.3 is 0 Å². The van der Waals surface area contributed by atoms with Gasteiger partial charge in [-0.2, -0.15) is 0 Å². The lowest BCUT2D eigenvalue weighted by atomic mass is 10.1. The van der Waals surface area contributed by atoms with Gasteiger partial charge in [0.1, 0.15) is 0 Å². The molecule has 0 saturated heterocycles. The molecule has 0 radical (unpaired) electrons. The average molecular weight is 393 g/mol. The number of carbonyl (C=O) groups is 1. The summed E-state index contributed by atoms with van der Waals surface area (Å²) >= 11 is 0. The molecule has 0 saturated carbocycles. The van der Waals surface area contributed by atoms with Crippen LogP contribution in [0.1, 0.15) is 47.0 Å². The van der Waals surface area contributed by atoms with E-state index in [4.69, 9.17) is 4.43 Å². The summed E-state index contributed by atoms with van der Waals surface area (Å²) in [6.07, 6.45) is 4.52. The topological polar surface area (TPSA) is 26.3 Å². The highest BCUT2D eigenvalue weighted by atomic mass is 28.4. The van der Waals surface area contributed by atoms with Crippen LogP contribution < -0.4 is 10.4 Å². The Morgan fingerprint density at radius 1 is 0.964 bits per heavy atom. The van der Waals surface area contributed by atoms with Crippen molar-refractivity contribution in [3.05, 3.63) is 72.3 Å². The van der Waals surface area contributed by atoms with Crippen LogP contribution in [0, 0.1) is 5.92 Å². The van der Waals surface area contributed by atoms with Gasteiger partial charge < -0.3 is 4.43 Å². The van der Waals surface area contributed by atoms with Crippen molar-refractivity contribution in [3.63, 3.8) is 0 Å². The van der Waals surface area contributed by atoms with Crippen LogP contribution in [0.2, 0.25) is 5.04 Å². The van der Waals surface area contributed by atoms with Crippen LogP contribution in [0.15, 0.2) is 72.3 Å². The second-order valence-corrected chi connectivity index (χ2v) is 13.2. The smallest absolute Gasteiger partial charge is 0.261 e. The molecule has 0 spiro atoms. The number of hydrogen-bond donors (Lipinski definition) is 0. The van der Waals surface area contributed by atoms with E-state index in [1.165, 1.54) is 10.4 Å². The maximum Gasteiger partial charge on any atom is 0.261 e. The normalized spacial score (nSPS) is 17.6. The van der Waals surface area contributed by atoms with Crippen molar-refractivity contribution < 1.29 is 9.22 Å². The summed E-state index contributed by atoms with van der Waals surface area (Å²) in [5, 5.41) is 2.60. The summed E-state index contributed by atoms with van der Waals surface area (Å²) in [6, 6.07) is 21.4. The molecule has 2 aromatic carbocycles. The Morgan fingerprint density at radius 3 is 1.93 bits per heavy atom. The first-order valence-corrected chi connectivity index (χ1v) is 12.2. The van der Waals surface area contributed by atoms with E-state index in [1.54, 1.807) is 0 Å². The highest BCUT2D eigenvalue weighted by Crippen LogP contribution is 2.37. The van der Waals surface area contributed by atoms with Gasteiger partial charge in [-0.15, -0.1) is 0 Å². The minimum atomic E-state index is -2.46. The van der Waals surface area contributed by atoms with Crippen LogP contribution in [0.25, 0.3) is 0 Å². The molecular formula is C25H32O2Si. The van der Waals surface area contributed by atoms with Crippen molar-refractivity contribution in [2.45, 2.75) is 52.0 Å². The van der Waals surface area contributed by atoms with Crippen molar-refractivity contribution in [1.82, 2.24) is 0 Å². The van der Waals surface area contributed by atoms with E-state index in [9.17, 15) is 4.79 Å². The lowest BCUT2D eigenvalue weighted by Crippen LogP contribution is -2.66. The van der Waals surface area contributed by atoms with Gasteiger partial charge in [0, 0.05) is 13.0 Å². The van der Waals surface area contributed by atoms with E-state index in [0.29, 0.717) is 24.7 Å². The molecule has 0 unspecified atom stereocenters. The zero-order chi connectivity index (χ0) is 20.2. The maximum atomic E-state index is 12.1. The largest absolute Gasteiger partial charge is 0.407 e. The molecule has 28 heavy (non-hydrogen) atoms. The molecule has 3 heteroatoms. The van der Waals surface area contributed by atoms with Crippen molar-refractivity contribution in [1.29, 1.82) is 0 Å². The molecule has 1 aliphatic rings. The lowest BCUT2D eigenvalue weighted by molar-refractivity contribution is -0.115. The quantitative estimate of drug-likeness (QED) is 0.496. The molecule has 0 N–H and O–H groups in total. The Labute approximate surface area is 170 Å². The molecular weight excluding hydrogens is 360 g/mol. The van der Waals surface area contributed by atoms with Gasteiger partial charge in [0.15, 0.2) is 5.78 Å². The number of carbonyl (C=O) groups excluding carboxylic acids is 1. The SMILES string of the molecule is C[C@@H]1C=C(CCCO[Si](c2ccccc2)(c2ccccc2)C(C)(C)C)C(=O)C1. The van der Waals surface area contributed by atoms with Gasteiger partial charge in [-0.3, -0.25) is 4.79 Å². The minimum Gasteiger partial charge on any atom is -0.407 e. The Bertz CT molecular complexity index is 779. The summed E-state index contributed by atoms with van der Waals surface area (Å²) in [5.74, 6) is 0.707. The molecule has 2 aromatic rings. The number of benzene rings is 2. The second kappa shape index (κ2) is 8.58. The fraction of sp³-hybridized carbons (Fsp3) is 0.400. The third-order valence-electron chi connectivity index (χ3n) is 5.68. The highest BCUT2D eigenvalue weighted by Gasteiger charge is 2.49. The van der Waals surface area contributed by atoms with Gasteiger partial charge in [-0.1, -0.05) is 94.4 Å². The molecule has 0 fully saturated rings. The highest BCUT2D eigenvalue weighted by molar-refractivity contribution is 6.99. The van der Waals surface area contributed by atoms with Crippen LogP contribution in [0.3, 0.4) is 0 Å². The molecule has 0 bridgehead atoms. The molecule has 0 amide bonds. The van der Waals surface area contributed by atoms with E-state index in [-0.39, 0.29) is 5.04 Å². The molecule has 1 atom stereocenters. The first-order chi connectivity index (χ1) is 13.3. The standard InChI is InChI=1S/C25H32O2Si/c1-20-18-21(24(26)19-20)12-11-17-27-28(25(2,3)4,22-13-7-5-8-14-22)23-15-9-6-10-16-23/h5-10,13-16,18,20H,11-12,17,19H2,1-4H3/t20-/m1/s1. The minimum absolute atomic E-state index is 0.00728. The Hall–Kier alpha value is -1.97. The zero-order valence-corrected chi connectivity index (χ0v) is 18.6. The summed E-state index contributed by atoms with van der Waals surface area (Å²) in [7, 11) is -2.46. The molecule has 148 valence electrons. The third-order valence-corrected chi connectivity index (χ3v) is 10.7. The third kappa shape index (κ3) is 4.21. The predicted octanol–water partition coefficient (Wildman–Crippen LogP) is 4.88. The summed E-state index contributed by atoms with van der Waals surface area (Å²) in [5.41, 5.74) is 0.999. The monoisotopic (exact) mass is 392 g/mol. The average Bonchev–Trinajstić information content (AvgIpc) is 2.99. The maximum absolute atomic E-state index is 12.1. The van der Waals surface area contributed by atoms with Crippen LogP contribution in [0.4, 0.5) is 0 Å². The van der Waals surface area contributed by atoms with Gasteiger partial charge in [-0.25, -0.2) is 0 Å². The van der Waals surface area contributed by atoms with Gasteiger partial charge in [0.2, 0.25) is 0 Å². The van der Waals surface area contributed by atoms with Crippen LogP contribution in [0.5, 0.6) is 0 Å². The number of Topliss-reactive ketones (excluding diaryl/α,β-unsaturated/α-hetero) is 1. The van der Waals surface area contributed by atoms with Crippen LogP contribution >= 0.6 is 0 Å². The van der Waals surface area contributed by atoms with Crippen molar-refractivity contribution in [2.75, 3.05) is 6.61 Å². The van der Waals surface area contributed by atoms with Crippen LogP contribution in [-0.4, -0.2) is 20.7 Å². The first-order valence-electron chi connectivity index (χ1n) is 10.3. The number of allylic oxidation sites excluding steroid dienone is 2. The number of hydrogen-bond acceptors (Lipinski definition) is 2. The Kier molecular flexibility index (Phi) is 6.36. The number of rotatable bonds is 7. The van der Waals surface area contributed by atoms with Gasteiger partial charge in [-0.05, 0) is 39.7 Å². The van der Waals surface area contributed by atoms with Gasteiger partial charge in [0.25, 0.3) is 8.32 Å². The Morgan fingerprint density at radius 2 is 1.50 bits per heavy atom. The number of ketones is 1. The lowest BCUT2D eigenvalue weighted by Gasteiger charge is -2.43. The predicted molar refractivity (Wildman–Crippen MR) is 120 cm³/mol. The molecule has 1 aliphatic carbocycles. The molecule has 3 rings (SSSR count). The second-order valence-electron chi connectivity index (χ2n) is 8.91. The molecule has 0 aromatic heterocycles. The van der Waals surface area contributed by atoms with E-state index in [1.807, 2.05) is 0 Å². The van der Waals surface area contributed by atoms with Gasteiger partial charge in [0.05, 0.1) is 0 Å². The summed E-state index contributed by atoms with van der Waals surface area (Å²) in [4.78, 5) is 12.1. The molecule has 0 aliphatic heterocycles. The van der Waals surface area contributed by atoms with E-state index in [2.05, 4.69) is 94.4 Å². The van der Waals surface area contributed by atoms with E-state index < -0.39 is 8.32 Å². The zero-order valence-electron chi connectivity index (χ0n) is 17.6. The van der Waals surface area contributed by atoms with E-state index >= 15 is 0 Å². The van der Waals surface area contributed by atoms with Crippen LogP contribution in [-0.2, 0) is 9.22 Å². The summed E-state index contributed by atoms with van der Waals surface area (Å²) in [6.45, 7) is 9.67. The summed E-state index contributed by atoms with van der Waals surface area (Å²) < 4.78 is 6.89. The fourth-order valence-electron chi connectivity index (χ4n) is 4.39.